The van der Waals surface area contributed by atoms with Crippen LogP contribution in [0.15, 0.2) is 35.0 Å². The predicted molar refractivity (Wildman–Crippen MR) is 87.8 cm³/mol. The third-order valence-corrected chi connectivity index (χ3v) is 4.36. The van der Waals surface area contributed by atoms with E-state index in [0.717, 1.165) is 27.0 Å². The number of aromatic nitrogens is 3. The van der Waals surface area contributed by atoms with E-state index in [1.54, 1.807) is 18.6 Å². The number of hydrazone groups is 1. The molecule has 0 spiro atoms. The van der Waals surface area contributed by atoms with Gasteiger partial charge in [-0.1, -0.05) is 17.4 Å². The molecule has 0 aliphatic rings. The van der Waals surface area contributed by atoms with E-state index in [1.807, 2.05) is 24.4 Å². The zero-order valence-corrected chi connectivity index (χ0v) is 12.8. The van der Waals surface area contributed by atoms with Crippen molar-refractivity contribution in [2.24, 2.45) is 5.10 Å². The van der Waals surface area contributed by atoms with Crippen LogP contribution < -0.4 is 11.2 Å². The van der Waals surface area contributed by atoms with Crippen molar-refractivity contribution in [3.63, 3.8) is 0 Å². The van der Waals surface area contributed by atoms with Crippen LogP contribution in [0, 0.1) is 6.92 Å². The molecule has 8 heteroatoms. The molecule has 6 nitrogen and oxygen atoms in total. The Morgan fingerprint density at radius 2 is 2.29 bits per heavy atom. The summed E-state index contributed by atoms with van der Waals surface area (Å²) >= 11 is 2.92. The maximum absolute atomic E-state index is 5.71. The standard InChI is InChI=1S/C13H12N6S2/c1-8-11(21-12(14)17-8)10-7-20-13(18-10)19-16-6-9-3-2-4-15-5-9/h2-7H,1H3,(H2,14,17)(H,18,19). The Morgan fingerprint density at radius 3 is 3.00 bits per heavy atom. The number of nitrogens with two attached hydrogens (primary N) is 1. The first-order chi connectivity index (χ1) is 10.2. The van der Waals surface area contributed by atoms with Gasteiger partial charge in [-0.05, 0) is 13.0 Å². The number of hydrogen-bond acceptors (Lipinski definition) is 8. The maximum atomic E-state index is 5.71. The number of hydrogen-bond donors (Lipinski definition) is 2. The van der Waals surface area contributed by atoms with Crippen molar-refractivity contribution in [1.82, 2.24) is 15.0 Å². The number of aryl methyl sites for hydroxylation is 1. The average Bonchev–Trinajstić information content (AvgIpc) is 3.06. The van der Waals surface area contributed by atoms with E-state index < -0.39 is 0 Å². The van der Waals surface area contributed by atoms with Crippen LogP contribution in [0.3, 0.4) is 0 Å². The van der Waals surface area contributed by atoms with Gasteiger partial charge in [0, 0.05) is 23.3 Å². The molecule has 3 rings (SSSR count). The molecule has 0 saturated heterocycles. The molecule has 0 aliphatic carbocycles. The van der Waals surface area contributed by atoms with Crippen LogP contribution >= 0.6 is 22.7 Å². The fourth-order valence-corrected chi connectivity index (χ4v) is 3.22. The fourth-order valence-electron chi connectivity index (χ4n) is 1.70. The van der Waals surface area contributed by atoms with Gasteiger partial charge in [-0.15, -0.1) is 11.3 Å². The largest absolute Gasteiger partial charge is 0.375 e. The zero-order valence-electron chi connectivity index (χ0n) is 11.1. The van der Waals surface area contributed by atoms with Gasteiger partial charge in [-0.2, -0.15) is 5.10 Å². The van der Waals surface area contributed by atoms with Crippen LogP contribution in [0.4, 0.5) is 10.3 Å². The lowest BCUT2D eigenvalue weighted by Gasteiger charge is -1.94. The smallest absolute Gasteiger partial charge is 0.203 e. The molecule has 0 bridgehead atoms. The molecule has 3 N–H and O–H groups in total. The van der Waals surface area contributed by atoms with Gasteiger partial charge in [0.05, 0.1) is 22.5 Å². The van der Waals surface area contributed by atoms with E-state index in [2.05, 4.69) is 25.5 Å². The lowest BCUT2D eigenvalue weighted by atomic mass is 10.3. The van der Waals surface area contributed by atoms with Crippen LogP contribution in [-0.2, 0) is 0 Å². The highest BCUT2D eigenvalue weighted by Crippen LogP contribution is 2.33. The lowest BCUT2D eigenvalue weighted by molar-refractivity contribution is 1.25. The lowest BCUT2D eigenvalue weighted by Crippen LogP contribution is -1.90. The van der Waals surface area contributed by atoms with Crippen molar-refractivity contribution >= 4 is 39.2 Å². The van der Waals surface area contributed by atoms with E-state index in [9.17, 15) is 0 Å². The maximum Gasteiger partial charge on any atom is 0.203 e. The van der Waals surface area contributed by atoms with Crippen LogP contribution in [0.2, 0.25) is 0 Å². The molecule has 0 saturated carbocycles. The molecular formula is C13H12N6S2. The summed E-state index contributed by atoms with van der Waals surface area (Å²) < 4.78 is 0. The Hall–Kier alpha value is -2.32. The van der Waals surface area contributed by atoms with Crippen LogP contribution in [0.25, 0.3) is 10.6 Å². The molecule has 0 radical (unpaired) electrons. The molecule has 3 aromatic rings. The van der Waals surface area contributed by atoms with Gasteiger partial charge in [0.25, 0.3) is 0 Å². The minimum Gasteiger partial charge on any atom is -0.375 e. The van der Waals surface area contributed by atoms with E-state index in [0.29, 0.717) is 5.13 Å². The third-order valence-electron chi connectivity index (χ3n) is 2.61. The second-order valence-electron chi connectivity index (χ2n) is 4.16. The number of nitrogens with one attached hydrogen (secondary N) is 1. The van der Waals surface area contributed by atoms with Crippen LogP contribution in [-0.4, -0.2) is 21.2 Å². The summed E-state index contributed by atoms with van der Waals surface area (Å²) in [6.07, 6.45) is 5.16. The summed E-state index contributed by atoms with van der Waals surface area (Å²) in [5.41, 5.74) is 11.3. The zero-order chi connectivity index (χ0) is 14.7. The number of nitrogens with zero attached hydrogens (tertiary/aromatic N) is 4. The Labute approximate surface area is 129 Å². The highest BCUT2D eigenvalue weighted by molar-refractivity contribution is 7.19. The first-order valence-corrected chi connectivity index (χ1v) is 7.80. The SMILES string of the molecule is Cc1nc(N)sc1-c1csc(NN=Cc2cccnc2)n1. The normalized spacial score (nSPS) is 11.1. The van der Waals surface area contributed by atoms with Crippen molar-refractivity contribution in [3.8, 4) is 10.6 Å². The molecule has 0 fully saturated rings. The topological polar surface area (TPSA) is 89.1 Å². The van der Waals surface area contributed by atoms with Crippen molar-refractivity contribution in [2.45, 2.75) is 6.92 Å². The molecule has 106 valence electrons. The third kappa shape index (κ3) is 3.23. The van der Waals surface area contributed by atoms with Gasteiger partial charge in [0.15, 0.2) is 5.13 Å². The van der Waals surface area contributed by atoms with Crippen molar-refractivity contribution < 1.29 is 0 Å². The van der Waals surface area contributed by atoms with Crippen molar-refractivity contribution in [3.05, 3.63) is 41.2 Å². The summed E-state index contributed by atoms with van der Waals surface area (Å²) in [5, 5.41) is 7.38. The molecule has 0 aliphatic heterocycles. The van der Waals surface area contributed by atoms with Crippen molar-refractivity contribution in [1.29, 1.82) is 0 Å². The van der Waals surface area contributed by atoms with Gasteiger partial charge in [0.2, 0.25) is 5.13 Å². The van der Waals surface area contributed by atoms with Gasteiger partial charge < -0.3 is 5.73 Å². The number of rotatable bonds is 4. The van der Waals surface area contributed by atoms with E-state index in [4.69, 9.17) is 5.73 Å². The molecule has 0 atom stereocenters. The quantitative estimate of drug-likeness (QED) is 0.570. The number of pyridine rings is 1. The molecule has 0 aromatic carbocycles. The monoisotopic (exact) mass is 316 g/mol. The van der Waals surface area contributed by atoms with Gasteiger partial charge in [0.1, 0.15) is 0 Å². The van der Waals surface area contributed by atoms with E-state index >= 15 is 0 Å². The van der Waals surface area contributed by atoms with Gasteiger partial charge >= 0.3 is 0 Å². The highest BCUT2D eigenvalue weighted by atomic mass is 32.1. The number of anilines is 2. The molecule has 0 unspecified atom stereocenters. The van der Waals surface area contributed by atoms with E-state index in [-0.39, 0.29) is 0 Å². The predicted octanol–water partition coefficient (Wildman–Crippen LogP) is 3.00. The summed E-state index contributed by atoms with van der Waals surface area (Å²) in [4.78, 5) is 13.7. The van der Waals surface area contributed by atoms with Crippen LogP contribution in [0.5, 0.6) is 0 Å². The molecule has 3 heterocycles. The first-order valence-electron chi connectivity index (χ1n) is 6.10. The number of nitrogen functional groups attached to an aromatic ring is 1. The summed E-state index contributed by atoms with van der Waals surface area (Å²) in [6, 6.07) is 3.79. The molecule has 3 aromatic heterocycles. The number of thiazole rings is 2. The highest BCUT2D eigenvalue weighted by Gasteiger charge is 2.11. The average molecular weight is 316 g/mol. The first kappa shape index (κ1) is 13.7. The Morgan fingerprint density at radius 1 is 1.38 bits per heavy atom. The second kappa shape index (κ2) is 5.98. The minimum atomic E-state index is 0.555. The van der Waals surface area contributed by atoms with Crippen LogP contribution in [0.1, 0.15) is 11.3 Å². The summed E-state index contributed by atoms with van der Waals surface area (Å²) in [7, 11) is 0. The van der Waals surface area contributed by atoms with Crippen molar-refractivity contribution in [2.75, 3.05) is 11.2 Å². The minimum absolute atomic E-state index is 0.555. The second-order valence-corrected chi connectivity index (χ2v) is 6.05. The molecule has 21 heavy (non-hydrogen) atoms. The summed E-state index contributed by atoms with van der Waals surface area (Å²) in [6.45, 7) is 1.93. The van der Waals surface area contributed by atoms with Gasteiger partial charge in [-0.3, -0.25) is 10.4 Å². The fraction of sp³-hybridized carbons (Fsp3) is 0.0769. The molecular weight excluding hydrogens is 304 g/mol. The summed E-state index contributed by atoms with van der Waals surface area (Å²) in [5.74, 6) is 0. The van der Waals surface area contributed by atoms with E-state index in [1.165, 1.54) is 22.7 Å². The Bertz CT molecular complexity index is 762. The Balaban J connectivity index is 1.71. The van der Waals surface area contributed by atoms with Gasteiger partial charge in [-0.25, -0.2) is 9.97 Å². The Kier molecular flexibility index (Phi) is 3.89. The molecule has 0 amide bonds.